The molecule has 2 heteroatoms. The molecular weight excluding hydrogens is 198 g/mol. The lowest BCUT2D eigenvalue weighted by atomic mass is 10.1. The normalized spacial score (nSPS) is 10.5. The number of hydrogen-bond acceptors (Lipinski definition) is 2. The minimum absolute atomic E-state index is 0.313. The Morgan fingerprint density at radius 2 is 1.62 bits per heavy atom. The largest absolute Gasteiger partial charge is 0.396 e. The molecule has 0 heterocycles. The summed E-state index contributed by atoms with van der Waals surface area (Å²) in [7, 11) is 2.13. The van der Waals surface area contributed by atoms with Crippen LogP contribution in [0.2, 0.25) is 0 Å². The van der Waals surface area contributed by atoms with E-state index in [4.69, 9.17) is 5.11 Å². The van der Waals surface area contributed by atoms with Crippen LogP contribution in [-0.4, -0.2) is 25.3 Å². The smallest absolute Gasteiger partial charge is 0.0431 e. The number of aliphatic hydroxyl groups excluding tert-OH is 1. The van der Waals surface area contributed by atoms with Gasteiger partial charge >= 0.3 is 0 Å². The first-order valence-corrected chi connectivity index (χ1v) is 6.04. The summed E-state index contributed by atoms with van der Waals surface area (Å²) in [6.07, 6.45) is 3.16. The van der Waals surface area contributed by atoms with Gasteiger partial charge in [-0.1, -0.05) is 6.07 Å². The van der Waals surface area contributed by atoms with Gasteiger partial charge in [0.05, 0.1) is 0 Å². The molecule has 0 fully saturated rings. The Balaban J connectivity index is 2.48. The summed E-state index contributed by atoms with van der Waals surface area (Å²) in [5, 5.41) is 8.71. The first-order chi connectivity index (χ1) is 7.63. The second-order valence-corrected chi connectivity index (χ2v) is 4.55. The highest BCUT2D eigenvalue weighted by Crippen LogP contribution is 2.17. The minimum Gasteiger partial charge on any atom is -0.396 e. The SMILES string of the molecule is Cc1cc(C)cc(N(C)CCCCCO)c1. The fourth-order valence-electron chi connectivity index (χ4n) is 1.94. The summed E-state index contributed by atoms with van der Waals surface area (Å²) in [4.78, 5) is 2.29. The molecule has 0 saturated heterocycles. The van der Waals surface area contributed by atoms with E-state index in [0.717, 1.165) is 25.8 Å². The van der Waals surface area contributed by atoms with Crippen LogP contribution in [0.15, 0.2) is 18.2 Å². The van der Waals surface area contributed by atoms with Crippen molar-refractivity contribution in [3.05, 3.63) is 29.3 Å². The van der Waals surface area contributed by atoms with E-state index >= 15 is 0 Å². The molecule has 0 aromatic heterocycles. The Kier molecular flexibility index (Phi) is 5.33. The van der Waals surface area contributed by atoms with Crippen LogP contribution in [0.25, 0.3) is 0 Å². The number of aliphatic hydroxyl groups is 1. The maximum absolute atomic E-state index is 8.71. The van der Waals surface area contributed by atoms with E-state index in [2.05, 4.69) is 44.0 Å². The number of unbranched alkanes of at least 4 members (excludes halogenated alkanes) is 2. The first-order valence-electron chi connectivity index (χ1n) is 6.04. The standard InChI is InChI=1S/C14H23NO/c1-12-9-13(2)11-14(10-12)15(3)7-5-4-6-8-16/h9-11,16H,4-8H2,1-3H3. The quantitative estimate of drug-likeness (QED) is 0.747. The summed E-state index contributed by atoms with van der Waals surface area (Å²) in [6.45, 7) is 5.64. The van der Waals surface area contributed by atoms with Crippen molar-refractivity contribution in [2.45, 2.75) is 33.1 Å². The number of hydrogen-bond donors (Lipinski definition) is 1. The Labute approximate surface area is 98.9 Å². The molecule has 0 unspecified atom stereocenters. The molecule has 0 aliphatic heterocycles. The highest BCUT2D eigenvalue weighted by molar-refractivity contribution is 5.50. The van der Waals surface area contributed by atoms with Gasteiger partial charge in [0.15, 0.2) is 0 Å². The lowest BCUT2D eigenvalue weighted by Crippen LogP contribution is -2.18. The van der Waals surface area contributed by atoms with Gasteiger partial charge in [-0.05, 0) is 56.4 Å². The second-order valence-electron chi connectivity index (χ2n) is 4.55. The second kappa shape index (κ2) is 6.54. The van der Waals surface area contributed by atoms with Crippen LogP contribution in [-0.2, 0) is 0 Å². The average Bonchev–Trinajstić information content (AvgIpc) is 2.22. The van der Waals surface area contributed by atoms with E-state index < -0.39 is 0 Å². The van der Waals surface area contributed by atoms with Crippen LogP contribution in [0.3, 0.4) is 0 Å². The molecule has 2 nitrogen and oxygen atoms in total. The monoisotopic (exact) mass is 221 g/mol. The highest BCUT2D eigenvalue weighted by atomic mass is 16.2. The number of nitrogens with zero attached hydrogens (tertiary/aromatic N) is 1. The van der Waals surface area contributed by atoms with Crippen LogP contribution in [0.4, 0.5) is 5.69 Å². The molecule has 0 radical (unpaired) electrons. The van der Waals surface area contributed by atoms with Crippen molar-refractivity contribution in [2.24, 2.45) is 0 Å². The van der Waals surface area contributed by atoms with Crippen LogP contribution in [0, 0.1) is 13.8 Å². The van der Waals surface area contributed by atoms with Crippen molar-refractivity contribution in [3.8, 4) is 0 Å². The predicted molar refractivity (Wildman–Crippen MR) is 70.1 cm³/mol. The van der Waals surface area contributed by atoms with Gasteiger partial charge in [-0.15, -0.1) is 0 Å². The van der Waals surface area contributed by atoms with E-state index in [1.807, 2.05) is 0 Å². The van der Waals surface area contributed by atoms with E-state index in [9.17, 15) is 0 Å². The molecule has 1 aromatic rings. The van der Waals surface area contributed by atoms with E-state index in [0.29, 0.717) is 6.61 Å². The fourth-order valence-corrected chi connectivity index (χ4v) is 1.94. The lowest BCUT2D eigenvalue weighted by molar-refractivity contribution is 0.283. The molecule has 90 valence electrons. The number of rotatable bonds is 6. The maximum atomic E-state index is 8.71. The zero-order chi connectivity index (χ0) is 12.0. The lowest BCUT2D eigenvalue weighted by Gasteiger charge is -2.20. The Morgan fingerprint density at radius 1 is 1.00 bits per heavy atom. The summed E-state index contributed by atoms with van der Waals surface area (Å²) >= 11 is 0. The summed E-state index contributed by atoms with van der Waals surface area (Å²) in [6, 6.07) is 6.64. The molecular formula is C14H23NO. The number of benzene rings is 1. The topological polar surface area (TPSA) is 23.5 Å². The molecule has 0 spiro atoms. The average molecular weight is 221 g/mol. The maximum Gasteiger partial charge on any atom is 0.0431 e. The Morgan fingerprint density at radius 3 is 2.19 bits per heavy atom. The molecule has 16 heavy (non-hydrogen) atoms. The Bertz CT molecular complexity index is 302. The van der Waals surface area contributed by atoms with Crippen LogP contribution < -0.4 is 4.90 Å². The van der Waals surface area contributed by atoms with E-state index in [1.54, 1.807) is 0 Å². The molecule has 1 N–H and O–H groups in total. The van der Waals surface area contributed by atoms with Crippen molar-refractivity contribution in [2.75, 3.05) is 25.1 Å². The third kappa shape index (κ3) is 4.23. The Hall–Kier alpha value is -1.02. The van der Waals surface area contributed by atoms with Gasteiger partial charge in [0.25, 0.3) is 0 Å². The van der Waals surface area contributed by atoms with Crippen molar-refractivity contribution in [1.82, 2.24) is 0 Å². The zero-order valence-corrected chi connectivity index (χ0v) is 10.7. The highest BCUT2D eigenvalue weighted by Gasteiger charge is 2.01. The van der Waals surface area contributed by atoms with Crippen molar-refractivity contribution in [3.63, 3.8) is 0 Å². The molecule has 1 aromatic carbocycles. The molecule has 0 amide bonds. The van der Waals surface area contributed by atoms with Crippen LogP contribution in [0.1, 0.15) is 30.4 Å². The molecule has 1 rings (SSSR count). The molecule has 0 aliphatic carbocycles. The third-order valence-electron chi connectivity index (χ3n) is 2.80. The van der Waals surface area contributed by atoms with Gasteiger partial charge in [-0.2, -0.15) is 0 Å². The van der Waals surface area contributed by atoms with Gasteiger partial charge in [0, 0.05) is 25.9 Å². The zero-order valence-electron chi connectivity index (χ0n) is 10.7. The summed E-state index contributed by atoms with van der Waals surface area (Å²) < 4.78 is 0. The van der Waals surface area contributed by atoms with Crippen LogP contribution >= 0.6 is 0 Å². The predicted octanol–water partition coefficient (Wildman–Crippen LogP) is 2.90. The molecule has 0 atom stereocenters. The summed E-state index contributed by atoms with van der Waals surface area (Å²) in [5.41, 5.74) is 3.93. The molecule has 0 bridgehead atoms. The van der Waals surface area contributed by atoms with Crippen molar-refractivity contribution < 1.29 is 5.11 Å². The minimum atomic E-state index is 0.313. The van der Waals surface area contributed by atoms with Crippen molar-refractivity contribution in [1.29, 1.82) is 0 Å². The summed E-state index contributed by atoms with van der Waals surface area (Å²) in [5.74, 6) is 0. The van der Waals surface area contributed by atoms with Gasteiger partial charge in [0.1, 0.15) is 0 Å². The third-order valence-corrected chi connectivity index (χ3v) is 2.80. The van der Waals surface area contributed by atoms with E-state index in [1.165, 1.54) is 16.8 Å². The van der Waals surface area contributed by atoms with Gasteiger partial charge < -0.3 is 10.0 Å². The molecule has 0 aliphatic rings. The van der Waals surface area contributed by atoms with Crippen molar-refractivity contribution >= 4 is 5.69 Å². The van der Waals surface area contributed by atoms with Crippen LogP contribution in [0.5, 0.6) is 0 Å². The first kappa shape index (κ1) is 13.0. The van der Waals surface area contributed by atoms with Gasteiger partial charge in [-0.25, -0.2) is 0 Å². The van der Waals surface area contributed by atoms with Gasteiger partial charge in [0.2, 0.25) is 0 Å². The number of anilines is 1. The fraction of sp³-hybridized carbons (Fsp3) is 0.571. The van der Waals surface area contributed by atoms with E-state index in [-0.39, 0.29) is 0 Å². The number of aryl methyl sites for hydroxylation is 2. The van der Waals surface area contributed by atoms with Gasteiger partial charge in [-0.3, -0.25) is 0 Å². The molecule has 0 saturated carbocycles.